The number of hydrogen-bond acceptors (Lipinski definition) is 2. The Bertz CT molecular complexity index is 617. The number of amides is 3. The summed E-state index contributed by atoms with van der Waals surface area (Å²) in [7, 11) is 0. The molecule has 2 unspecified atom stereocenters. The number of urea groups is 1. The predicted molar refractivity (Wildman–Crippen MR) is 103 cm³/mol. The first-order valence-corrected chi connectivity index (χ1v) is 9.90. The maximum atomic E-state index is 12.7. The minimum absolute atomic E-state index is 0.0193. The van der Waals surface area contributed by atoms with E-state index in [-0.39, 0.29) is 18.0 Å². The molecule has 0 aromatic heterocycles. The average molecular weight is 357 g/mol. The minimum atomic E-state index is 0.0193. The summed E-state index contributed by atoms with van der Waals surface area (Å²) in [6.45, 7) is 7.09. The number of likely N-dealkylation sites (tertiary alicyclic amines) is 2. The van der Waals surface area contributed by atoms with Crippen molar-refractivity contribution in [2.24, 2.45) is 11.8 Å². The molecule has 3 rings (SSSR count). The molecular weight excluding hydrogens is 326 g/mol. The van der Waals surface area contributed by atoms with Gasteiger partial charge in [0.05, 0.1) is 6.04 Å². The van der Waals surface area contributed by atoms with Gasteiger partial charge in [-0.25, -0.2) is 4.79 Å². The Hall–Kier alpha value is -2.04. The molecule has 2 saturated heterocycles. The number of fused-ring (bicyclic) bond motifs is 1. The number of benzene rings is 1. The van der Waals surface area contributed by atoms with Gasteiger partial charge in [0.15, 0.2) is 0 Å². The van der Waals surface area contributed by atoms with Crippen LogP contribution >= 0.6 is 0 Å². The zero-order valence-electron chi connectivity index (χ0n) is 16.0. The molecule has 0 aliphatic carbocycles. The smallest absolute Gasteiger partial charge is 0.317 e. The van der Waals surface area contributed by atoms with Crippen molar-refractivity contribution in [3.05, 3.63) is 35.9 Å². The van der Waals surface area contributed by atoms with Gasteiger partial charge < -0.3 is 15.1 Å². The van der Waals surface area contributed by atoms with E-state index in [1.54, 1.807) is 0 Å². The second kappa shape index (κ2) is 8.56. The fraction of sp³-hybridized carbons (Fsp3) is 0.619. The number of hydrogen-bond donors (Lipinski definition) is 1. The molecule has 1 aromatic rings. The number of nitrogens with zero attached hydrogens (tertiary/aromatic N) is 2. The van der Waals surface area contributed by atoms with Crippen LogP contribution in [-0.2, 0) is 11.3 Å². The first kappa shape index (κ1) is 18.7. The lowest BCUT2D eigenvalue weighted by Crippen LogP contribution is -2.44. The van der Waals surface area contributed by atoms with E-state index in [1.165, 1.54) is 0 Å². The van der Waals surface area contributed by atoms with Gasteiger partial charge in [0.1, 0.15) is 0 Å². The summed E-state index contributed by atoms with van der Waals surface area (Å²) in [4.78, 5) is 29.1. The van der Waals surface area contributed by atoms with Gasteiger partial charge in [0.25, 0.3) is 0 Å². The highest BCUT2D eigenvalue weighted by molar-refractivity contribution is 5.78. The first-order chi connectivity index (χ1) is 12.5. The highest BCUT2D eigenvalue weighted by Crippen LogP contribution is 2.31. The van der Waals surface area contributed by atoms with E-state index in [2.05, 4.69) is 31.3 Å². The van der Waals surface area contributed by atoms with Crippen LogP contribution < -0.4 is 5.32 Å². The van der Waals surface area contributed by atoms with Gasteiger partial charge in [-0.2, -0.15) is 0 Å². The molecule has 1 N–H and O–H groups in total. The van der Waals surface area contributed by atoms with Crippen molar-refractivity contribution in [2.75, 3.05) is 19.6 Å². The van der Waals surface area contributed by atoms with Gasteiger partial charge in [0, 0.05) is 32.6 Å². The fourth-order valence-corrected chi connectivity index (χ4v) is 4.07. The normalized spacial score (nSPS) is 23.1. The second-order valence-electron chi connectivity index (χ2n) is 8.05. The Kier molecular flexibility index (Phi) is 6.17. The molecule has 3 amide bonds. The van der Waals surface area contributed by atoms with Gasteiger partial charge in [-0.05, 0) is 36.7 Å². The van der Waals surface area contributed by atoms with Crippen molar-refractivity contribution in [1.82, 2.24) is 15.1 Å². The van der Waals surface area contributed by atoms with E-state index < -0.39 is 0 Å². The van der Waals surface area contributed by atoms with Gasteiger partial charge in [0.2, 0.25) is 5.91 Å². The molecular formula is C21H31N3O2. The summed E-state index contributed by atoms with van der Waals surface area (Å²) in [5, 5.41) is 3.04. The van der Waals surface area contributed by atoms with Crippen LogP contribution in [0.1, 0.15) is 45.1 Å². The monoisotopic (exact) mass is 357 g/mol. The standard InChI is InChI=1S/C21H31N3O2/c1-16(2)11-12-22-21(26)23-14-18-9-6-10-20(25)24(19(18)15-23)13-17-7-4-3-5-8-17/h3-5,7-8,16,18-19H,6,9-15H2,1-2H3,(H,22,26). The van der Waals surface area contributed by atoms with Crippen LogP contribution in [0.2, 0.25) is 0 Å². The quantitative estimate of drug-likeness (QED) is 0.879. The third-order valence-corrected chi connectivity index (χ3v) is 5.57. The SMILES string of the molecule is CC(C)CCNC(=O)N1CC2CCCC(=O)N(Cc3ccccc3)C2C1. The van der Waals surface area contributed by atoms with Crippen LogP contribution in [0.3, 0.4) is 0 Å². The molecule has 142 valence electrons. The van der Waals surface area contributed by atoms with E-state index in [1.807, 2.05) is 28.0 Å². The lowest BCUT2D eigenvalue weighted by atomic mass is 9.98. The van der Waals surface area contributed by atoms with Crippen LogP contribution in [-0.4, -0.2) is 47.4 Å². The Morgan fingerprint density at radius 1 is 1.23 bits per heavy atom. The summed E-state index contributed by atoms with van der Waals surface area (Å²) in [6.07, 6.45) is 3.57. The number of rotatable bonds is 5. The summed E-state index contributed by atoms with van der Waals surface area (Å²) in [6, 6.07) is 10.3. The maximum Gasteiger partial charge on any atom is 0.317 e. The second-order valence-corrected chi connectivity index (χ2v) is 8.05. The lowest BCUT2D eigenvalue weighted by Gasteiger charge is -2.30. The van der Waals surface area contributed by atoms with E-state index in [4.69, 9.17) is 0 Å². The number of carbonyl (C=O) groups is 2. The van der Waals surface area contributed by atoms with Gasteiger partial charge in [-0.3, -0.25) is 4.79 Å². The molecule has 2 aliphatic rings. The van der Waals surface area contributed by atoms with Crippen molar-refractivity contribution >= 4 is 11.9 Å². The van der Waals surface area contributed by atoms with E-state index in [9.17, 15) is 9.59 Å². The van der Waals surface area contributed by atoms with Crippen molar-refractivity contribution in [3.63, 3.8) is 0 Å². The fourth-order valence-electron chi connectivity index (χ4n) is 4.07. The molecule has 5 heteroatoms. The van der Waals surface area contributed by atoms with Crippen LogP contribution in [0.5, 0.6) is 0 Å². The Balaban J connectivity index is 1.65. The molecule has 2 aliphatic heterocycles. The zero-order valence-corrected chi connectivity index (χ0v) is 16.0. The maximum absolute atomic E-state index is 12.7. The predicted octanol–water partition coefficient (Wildman–Crippen LogP) is 3.26. The minimum Gasteiger partial charge on any atom is -0.338 e. The van der Waals surface area contributed by atoms with Crippen LogP contribution in [0.4, 0.5) is 4.79 Å². The number of nitrogens with one attached hydrogen (secondary N) is 1. The van der Waals surface area contributed by atoms with E-state index in [0.29, 0.717) is 31.3 Å². The zero-order chi connectivity index (χ0) is 18.5. The average Bonchev–Trinajstić information content (AvgIpc) is 2.98. The first-order valence-electron chi connectivity index (χ1n) is 9.90. The van der Waals surface area contributed by atoms with E-state index >= 15 is 0 Å². The molecule has 2 fully saturated rings. The number of carbonyl (C=O) groups excluding carboxylic acids is 2. The molecule has 26 heavy (non-hydrogen) atoms. The molecule has 2 heterocycles. The highest BCUT2D eigenvalue weighted by atomic mass is 16.2. The highest BCUT2D eigenvalue weighted by Gasteiger charge is 2.41. The molecule has 0 spiro atoms. The van der Waals surface area contributed by atoms with Crippen LogP contribution in [0, 0.1) is 11.8 Å². The summed E-state index contributed by atoms with van der Waals surface area (Å²) in [5.74, 6) is 1.20. The Morgan fingerprint density at radius 3 is 2.73 bits per heavy atom. The van der Waals surface area contributed by atoms with Crippen LogP contribution in [0.25, 0.3) is 0 Å². The van der Waals surface area contributed by atoms with Crippen molar-refractivity contribution in [2.45, 2.75) is 52.1 Å². The Morgan fingerprint density at radius 2 is 2.00 bits per heavy atom. The molecule has 0 radical (unpaired) electrons. The van der Waals surface area contributed by atoms with Crippen molar-refractivity contribution < 1.29 is 9.59 Å². The van der Waals surface area contributed by atoms with Gasteiger partial charge in [-0.15, -0.1) is 0 Å². The topological polar surface area (TPSA) is 52.7 Å². The molecule has 1 aromatic carbocycles. The third kappa shape index (κ3) is 4.57. The molecule has 0 bridgehead atoms. The lowest BCUT2D eigenvalue weighted by molar-refractivity contribution is -0.133. The van der Waals surface area contributed by atoms with Gasteiger partial charge in [-0.1, -0.05) is 44.2 Å². The molecule has 2 atom stereocenters. The van der Waals surface area contributed by atoms with Gasteiger partial charge >= 0.3 is 6.03 Å². The summed E-state index contributed by atoms with van der Waals surface area (Å²) < 4.78 is 0. The molecule has 5 nitrogen and oxygen atoms in total. The molecule has 0 saturated carbocycles. The summed E-state index contributed by atoms with van der Waals surface area (Å²) >= 11 is 0. The summed E-state index contributed by atoms with van der Waals surface area (Å²) in [5.41, 5.74) is 1.15. The third-order valence-electron chi connectivity index (χ3n) is 5.57. The van der Waals surface area contributed by atoms with Crippen LogP contribution in [0.15, 0.2) is 30.3 Å². The largest absolute Gasteiger partial charge is 0.338 e. The van der Waals surface area contributed by atoms with Crippen molar-refractivity contribution in [3.8, 4) is 0 Å². The van der Waals surface area contributed by atoms with E-state index in [0.717, 1.165) is 37.9 Å². The Labute approximate surface area is 156 Å². The van der Waals surface area contributed by atoms with Crippen molar-refractivity contribution in [1.29, 1.82) is 0 Å².